The molecule has 0 atom stereocenters. The van der Waals surface area contributed by atoms with Crippen molar-refractivity contribution in [1.82, 2.24) is 10.2 Å². The summed E-state index contributed by atoms with van der Waals surface area (Å²) in [5.74, 6) is -0.135. The molecule has 10 heteroatoms. The fourth-order valence-corrected chi connectivity index (χ4v) is 4.16. The van der Waals surface area contributed by atoms with Crippen LogP contribution in [0.1, 0.15) is 34.1 Å². The summed E-state index contributed by atoms with van der Waals surface area (Å²) in [7, 11) is 1.44. The van der Waals surface area contributed by atoms with Crippen LogP contribution in [-0.2, 0) is 11.2 Å². The second kappa shape index (κ2) is 10.7. The quantitative estimate of drug-likeness (QED) is 0.223. The zero-order valence-corrected chi connectivity index (χ0v) is 19.3. The Hall–Kier alpha value is -3.55. The molecule has 32 heavy (non-hydrogen) atoms. The zero-order chi connectivity index (χ0) is 23.1. The summed E-state index contributed by atoms with van der Waals surface area (Å²) in [6.07, 6.45) is 2.18. The molecular formula is C22H20N4O4S2. The second-order valence-electron chi connectivity index (χ2n) is 7.00. The van der Waals surface area contributed by atoms with Gasteiger partial charge in [-0.1, -0.05) is 37.3 Å². The van der Waals surface area contributed by atoms with Gasteiger partial charge in [0.25, 0.3) is 5.91 Å². The molecule has 0 radical (unpaired) electrons. The molecule has 0 aliphatic rings. The van der Waals surface area contributed by atoms with Crippen LogP contribution < -0.4 is 14.8 Å². The van der Waals surface area contributed by atoms with Crippen molar-refractivity contribution in [2.75, 3.05) is 12.4 Å². The Bertz CT molecular complexity index is 1180. The Morgan fingerprint density at radius 1 is 1.25 bits per heavy atom. The molecular weight excluding hydrogens is 448 g/mol. The number of carbonyl (C=O) groups is 2. The highest BCUT2D eigenvalue weighted by Crippen LogP contribution is 2.30. The van der Waals surface area contributed by atoms with Crippen LogP contribution in [0.3, 0.4) is 0 Å². The lowest BCUT2D eigenvalue weighted by atomic mass is 10.1. The summed E-state index contributed by atoms with van der Waals surface area (Å²) in [5.41, 5.74) is 0.415. The predicted molar refractivity (Wildman–Crippen MR) is 123 cm³/mol. The van der Waals surface area contributed by atoms with E-state index in [0.717, 1.165) is 11.4 Å². The number of carbonyl (C=O) groups excluding carboxylic acids is 2. The van der Waals surface area contributed by atoms with Crippen molar-refractivity contribution in [3.8, 4) is 17.6 Å². The van der Waals surface area contributed by atoms with Gasteiger partial charge < -0.3 is 9.47 Å². The van der Waals surface area contributed by atoms with Gasteiger partial charge in [-0.25, -0.2) is 4.79 Å². The predicted octanol–water partition coefficient (Wildman–Crippen LogP) is 4.57. The summed E-state index contributed by atoms with van der Waals surface area (Å²) in [5, 5.41) is 23.0. The lowest BCUT2D eigenvalue weighted by Crippen LogP contribution is -2.13. The number of benzene rings is 1. The number of nitrogens with one attached hydrogen (secondary N) is 1. The van der Waals surface area contributed by atoms with Gasteiger partial charge in [0.1, 0.15) is 21.5 Å². The molecule has 8 nitrogen and oxygen atoms in total. The molecule has 0 aliphatic heterocycles. The van der Waals surface area contributed by atoms with Crippen LogP contribution in [0.5, 0.6) is 11.5 Å². The van der Waals surface area contributed by atoms with Gasteiger partial charge in [-0.15, -0.1) is 21.5 Å². The average Bonchev–Trinajstić information content (AvgIpc) is 3.44. The molecule has 1 N–H and O–H groups in total. The Balaban J connectivity index is 1.74. The minimum Gasteiger partial charge on any atom is -0.493 e. The Labute approximate surface area is 193 Å². The van der Waals surface area contributed by atoms with Crippen LogP contribution in [0.4, 0.5) is 5.13 Å². The molecule has 2 heterocycles. The number of rotatable bonds is 8. The van der Waals surface area contributed by atoms with Crippen molar-refractivity contribution in [2.24, 2.45) is 5.92 Å². The van der Waals surface area contributed by atoms with Crippen LogP contribution in [0, 0.1) is 17.2 Å². The Morgan fingerprint density at radius 3 is 2.72 bits per heavy atom. The van der Waals surface area contributed by atoms with Crippen molar-refractivity contribution in [3.63, 3.8) is 0 Å². The minimum absolute atomic E-state index is 0.115. The molecule has 0 unspecified atom stereocenters. The molecule has 2 aromatic heterocycles. The maximum atomic E-state index is 12.5. The van der Waals surface area contributed by atoms with Gasteiger partial charge in [-0.05, 0) is 41.1 Å². The number of esters is 1. The van der Waals surface area contributed by atoms with E-state index < -0.39 is 11.9 Å². The van der Waals surface area contributed by atoms with Crippen LogP contribution in [0.25, 0.3) is 6.08 Å². The highest BCUT2D eigenvalue weighted by Gasteiger charge is 2.16. The van der Waals surface area contributed by atoms with Gasteiger partial charge in [0.2, 0.25) is 5.13 Å². The number of anilines is 1. The summed E-state index contributed by atoms with van der Waals surface area (Å²) in [6.45, 7) is 4.14. The summed E-state index contributed by atoms with van der Waals surface area (Å²) in [4.78, 5) is 25.2. The first-order valence-electron chi connectivity index (χ1n) is 9.58. The molecule has 0 saturated carbocycles. The molecule has 164 valence electrons. The summed E-state index contributed by atoms with van der Waals surface area (Å²) < 4.78 is 10.7. The fraction of sp³-hybridized carbons (Fsp3) is 0.227. The Morgan fingerprint density at radius 2 is 2.06 bits per heavy atom. The highest BCUT2D eigenvalue weighted by atomic mass is 32.1. The van der Waals surface area contributed by atoms with Gasteiger partial charge in [-0.3, -0.25) is 10.1 Å². The summed E-state index contributed by atoms with van der Waals surface area (Å²) >= 11 is 2.55. The highest BCUT2D eigenvalue weighted by molar-refractivity contribution is 7.15. The van der Waals surface area contributed by atoms with Crippen molar-refractivity contribution in [3.05, 3.63) is 56.7 Å². The topological polar surface area (TPSA) is 114 Å². The van der Waals surface area contributed by atoms with Gasteiger partial charge in [0.15, 0.2) is 11.5 Å². The minimum atomic E-state index is -0.591. The van der Waals surface area contributed by atoms with Crippen LogP contribution in [0.15, 0.2) is 41.3 Å². The monoisotopic (exact) mass is 468 g/mol. The number of hydrogen-bond acceptors (Lipinski definition) is 9. The first-order chi connectivity index (χ1) is 15.4. The number of nitrogens with zero attached hydrogens (tertiary/aromatic N) is 3. The van der Waals surface area contributed by atoms with E-state index in [0.29, 0.717) is 27.2 Å². The molecule has 1 amide bonds. The molecule has 0 saturated heterocycles. The first-order valence-corrected chi connectivity index (χ1v) is 11.3. The van der Waals surface area contributed by atoms with E-state index in [1.54, 1.807) is 35.7 Å². The maximum absolute atomic E-state index is 12.5. The third-order valence-electron chi connectivity index (χ3n) is 4.06. The van der Waals surface area contributed by atoms with Gasteiger partial charge in [0, 0.05) is 6.42 Å². The number of thiophene rings is 1. The standard InChI is InChI=1S/C22H20N4O4S2/c1-13(2)9-19-25-26-22(32-19)24-20(27)15(12-23)10-14-6-7-16(17(11-14)29-3)30-21(28)18-5-4-8-31-18/h4-8,10-11,13H,9H2,1-3H3,(H,24,26,27). The van der Waals surface area contributed by atoms with Gasteiger partial charge in [0.05, 0.1) is 7.11 Å². The summed E-state index contributed by atoms with van der Waals surface area (Å²) in [6, 6.07) is 10.1. The lowest BCUT2D eigenvalue weighted by Gasteiger charge is -2.09. The smallest absolute Gasteiger partial charge is 0.353 e. The second-order valence-corrected chi connectivity index (χ2v) is 9.01. The van der Waals surface area contributed by atoms with Crippen molar-refractivity contribution >= 4 is 45.8 Å². The lowest BCUT2D eigenvalue weighted by molar-refractivity contribution is -0.112. The van der Waals surface area contributed by atoms with Crippen LogP contribution in [-0.4, -0.2) is 29.2 Å². The van der Waals surface area contributed by atoms with Crippen molar-refractivity contribution in [2.45, 2.75) is 20.3 Å². The van der Waals surface area contributed by atoms with Crippen LogP contribution >= 0.6 is 22.7 Å². The van der Waals surface area contributed by atoms with E-state index in [4.69, 9.17) is 9.47 Å². The molecule has 0 spiro atoms. The zero-order valence-electron chi connectivity index (χ0n) is 17.6. The van der Waals surface area contributed by atoms with E-state index >= 15 is 0 Å². The van der Waals surface area contributed by atoms with Crippen molar-refractivity contribution in [1.29, 1.82) is 5.26 Å². The Kier molecular flexibility index (Phi) is 7.70. The molecule has 1 aromatic carbocycles. The maximum Gasteiger partial charge on any atom is 0.353 e. The number of aromatic nitrogens is 2. The van der Waals surface area contributed by atoms with E-state index in [9.17, 15) is 14.9 Å². The number of amides is 1. The number of nitriles is 1. The molecule has 3 rings (SSSR count). The third kappa shape index (κ3) is 6.00. The number of methoxy groups -OCH3 is 1. The SMILES string of the molecule is COc1cc(C=C(C#N)C(=O)Nc2nnc(CC(C)C)s2)ccc1OC(=O)c1cccs1. The number of ether oxygens (including phenoxy) is 2. The van der Waals surface area contributed by atoms with E-state index in [-0.39, 0.29) is 11.3 Å². The third-order valence-corrected chi connectivity index (χ3v) is 5.77. The van der Waals surface area contributed by atoms with E-state index in [2.05, 4.69) is 29.4 Å². The van der Waals surface area contributed by atoms with E-state index in [1.165, 1.54) is 35.9 Å². The average molecular weight is 469 g/mol. The molecule has 0 bridgehead atoms. The molecule has 0 fully saturated rings. The van der Waals surface area contributed by atoms with Crippen LogP contribution in [0.2, 0.25) is 0 Å². The van der Waals surface area contributed by atoms with Crippen molar-refractivity contribution < 1.29 is 19.1 Å². The fourth-order valence-electron chi connectivity index (χ4n) is 2.62. The normalized spacial score (nSPS) is 11.2. The van der Waals surface area contributed by atoms with Gasteiger partial charge in [-0.2, -0.15) is 5.26 Å². The molecule has 3 aromatic rings. The van der Waals surface area contributed by atoms with Gasteiger partial charge >= 0.3 is 5.97 Å². The molecule has 0 aliphatic carbocycles. The largest absolute Gasteiger partial charge is 0.493 e. The van der Waals surface area contributed by atoms with E-state index in [1.807, 2.05) is 6.07 Å². The number of hydrogen-bond donors (Lipinski definition) is 1. The first kappa shape index (κ1) is 23.1.